The van der Waals surface area contributed by atoms with Crippen molar-refractivity contribution in [2.24, 2.45) is 0 Å². The quantitative estimate of drug-likeness (QED) is 0.410. The third-order valence-electron chi connectivity index (χ3n) is 5.55. The van der Waals surface area contributed by atoms with E-state index in [1.165, 1.54) is 30.8 Å². The molecule has 0 unspecified atom stereocenters. The smallest absolute Gasteiger partial charge is 0.416 e. The number of nitrogens with zero attached hydrogens (tertiary/aromatic N) is 2. The van der Waals surface area contributed by atoms with Crippen LogP contribution < -0.4 is 4.74 Å². The van der Waals surface area contributed by atoms with Crippen molar-refractivity contribution in [2.75, 3.05) is 21.2 Å². The number of hydrogen-bond donors (Lipinski definition) is 0. The molecule has 34 heavy (non-hydrogen) atoms. The highest BCUT2D eigenvalue weighted by molar-refractivity contribution is 7.99. The average Bonchev–Trinajstić information content (AvgIpc) is 3.11. The first-order valence-electron chi connectivity index (χ1n) is 10.6. The number of alkyl halides is 3. The number of carbonyl (C=O) groups is 1. The van der Waals surface area contributed by atoms with Crippen molar-refractivity contribution < 1.29 is 27.4 Å². The first-order valence-corrected chi connectivity index (χ1v) is 11.5. The van der Waals surface area contributed by atoms with Crippen molar-refractivity contribution in [3.8, 4) is 11.4 Å². The van der Waals surface area contributed by atoms with Gasteiger partial charge >= 0.3 is 12.1 Å². The number of carbonyl (C=O) groups excluding carboxylic acids is 1. The molecule has 1 aromatic heterocycles. The molecule has 1 aliphatic heterocycles. The first kappa shape index (κ1) is 24.2. The maximum absolute atomic E-state index is 13.6. The van der Waals surface area contributed by atoms with Gasteiger partial charge in [0.1, 0.15) is 5.75 Å². The van der Waals surface area contributed by atoms with Crippen LogP contribution in [0.2, 0.25) is 0 Å². The van der Waals surface area contributed by atoms with Crippen LogP contribution in [0.4, 0.5) is 13.2 Å². The van der Waals surface area contributed by atoms with Gasteiger partial charge in [-0.05, 0) is 62.1 Å². The number of hydrogen-bond acceptors (Lipinski definition) is 5. The molecule has 9 heteroatoms. The summed E-state index contributed by atoms with van der Waals surface area (Å²) in [7, 11) is 5.36. The lowest BCUT2D eigenvalue weighted by molar-refractivity contribution is -0.147. The molecule has 2 aromatic carbocycles. The third kappa shape index (κ3) is 4.81. The van der Waals surface area contributed by atoms with Crippen LogP contribution in [0.3, 0.4) is 0 Å². The summed E-state index contributed by atoms with van der Waals surface area (Å²) in [6.07, 6.45) is -5.19. The van der Waals surface area contributed by atoms with Crippen LogP contribution in [0.5, 0.6) is 5.75 Å². The molecule has 180 valence electrons. The lowest BCUT2D eigenvalue weighted by atomic mass is 10.0. The van der Waals surface area contributed by atoms with Gasteiger partial charge in [0, 0.05) is 24.1 Å². The number of methoxy groups -OCH3 is 1. The minimum atomic E-state index is -4.48. The number of aromatic nitrogens is 1. The van der Waals surface area contributed by atoms with Crippen molar-refractivity contribution in [3.63, 3.8) is 0 Å². The molecule has 2 heterocycles. The molecule has 2 atom stereocenters. The molecule has 0 saturated carbocycles. The maximum atomic E-state index is 13.6. The Labute approximate surface area is 200 Å². The Kier molecular flexibility index (Phi) is 6.69. The zero-order chi connectivity index (χ0) is 24.6. The lowest BCUT2D eigenvalue weighted by Gasteiger charge is -2.25. The summed E-state index contributed by atoms with van der Waals surface area (Å²) in [4.78, 5) is 14.7. The minimum absolute atomic E-state index is 0.381. The van der Waals surface area contributed by atoms with Crippen LogP contribution in [0.15, 0.2) is 59.5 Å². The lowest BCUT2D eigenvalue weighted by Crippen LogP contribution is -2.19. The summed E-state index contributed by atoms with van der Waals surface area (Å²) in [5.74, 6) is 0.214. The van der Waals surface area contributed by atoms with E-state index >= 15 is 0 Å². The summed E-state index contributed by atoms with van der Waals surface area (Å²) in [6, 6.07) is 14.9. The van der Waals surface area contributed by atoms with E-state index in [9.17, 15) is 18.0 Å². The molecule has 0 spiro atoms. The van der Waals surface area contributed by atoms with Crippen molar-refractivity contribution in [3.05, 3.63) is 77.1 Å². The van der Waals surface area contributed by atoms with Gasteiger partial charge in [-0.2, -0.15) is 13.2 Å². The van der Waals surface area contributed by atoms with Gasteiger partial charge in [-0.15, -0.1) is 11.8 Å². The van der Waals surface area contributed by atoms with E-state index in [4.69, 9.17) is 9.47 Å². The topological polar surface area (TPSA) is 43.7 Å². The Morgan fingerprint density at radius 2 is 1.79 bits per heavy atom. The molecule has 1 aliphatic rings. The highest BCUT2D eigenvalue weighted by Crippen LogP contribution is 2.52. The number of ether oxygens (including phenoxy) is 2. The number of halogens is 3. The van der Waals surface area contributed by atoms with Gasteiger partial charge in [-0.25, -0.2) is 0 Å². The van der Waals surface area contributed by atoms with Gasteiger partial charge < -0.3 is 18.9 Å². The van der Waals surface area contributed by atoms with Gasteiger partial charge in [0.05, 0.1) is 29.3 Å². The molecule has 0 saturated heterocycles. The molecule has 0 bridgehead atoms. The summed E-state index contributed by atoms with van der Waals surface area (Å²) in [5.41, 5.74) is 1.98. The fourth-order valence-corrected chi connectivity index (χ4v) is 5.42. The fourth-order valence-electron chi connectivity index (χ4n) is 4.12. The number of esters is 1. The molecular weight excluding hydrogens is 465 g/mol. The van der Waals surface area contributed by atoms with Gasteiger partial charge in [-0.1, -0.05) is 12.1 Å². The second-order valence-electron chi connectivity index (χ2n) is 8.34. The van der Waals surface area contributed by atoms with Crippen molar-refractivity contribution >= 4 is 17.7 Å². The van der Waals surface area contributed by atoms with Gasteiger partial charge in [-0.3, -0.25) is 4.79 Å². The number of rotatable bonds is 5. The van der Waals surface area contributed by atoms with Gasteiger partial charge in [0.25, 0.3) is 0 Å². The summed E-state index contributed by atoms with van der Waals surface area (Å²) in [6.45, 7) is 1.84. The van der Waals surface area contributed by atoms with Crippen molar-refractivity contribution in [1.82, 2.24) is 9.47 Å². The zero-order valence-electron chi connectivity index (χ0n) is 19.2. The van der Waals surface area contributed by atoms with E-state index < -0.39 is 23.8 Å². The standard InChI is InChI=1S/C25H25F3N2O3S/c1-15(31)33-23-20-11-8-18(14-29(2)3)30(20)21-13-17(25(26,27)28)7-12-22(21)34-24(23)16-5-9-19(32-4)10-6-16/h5-13,23-24H,14H2,1-4H3/t23-,24-/m0/s1. The molecule has 3 aromatic rings. The minimum Gasteiger partial charge on any atom is -0.497 e. The summed E-state index contributed by atoms with van der Waals surface area (Å²) >= 11 is 1.38. The number of benzene rings is 2. The van der Waals surface area contributed by atoms with E-state index in [0.29, 0.717) is 28.6 Å². The molecular formula is C25H25F3N2O3S. The molecule has 0 fully saturated rings. The Morgan fingerprint density at radius 1 is 1.09 bits per heavy atom. The number of fused-ring (bicyclic) bond motifs is 3. The van der Waals surface area contributed by atoms with Crippen molar-refractivity contribution in [2.45, 2.75) is 35.9 Å². The predicted octanol–water partition coefficient (Wildman–Crippen LogP) is 6.02. The zero-order valence-corrected chi connectivity index (χ0v) is 20.0. The highest BCUT2D eigenvalue weighted by atomic mass is 32.2. The van der Waals surface area contributed by atoms with E-state index in [1.807, 2.05) is 55.4 Å². The van der Waals surface area contributed by atoms with Crippen molar-refractivity contribution in [1.29, 1.82) is 0 Å². The number of thioether (sulfide) groups is 1. The predicted molar refractivity (Wildman–Crippen MR) is 124 cm³/mol. The van der Waals surface area contributed by atoms with E-state index in [0.717, 1.165) is 17.3 Å². The van der Waals surface area contributed by atoms with Crippen LogP contribution >= 0.6 is 11.8 Å². The average molecular weight is 491 g/mol. The van der Waals surface area contributed by atoms with Gasteiger partial charge in [0.2, 0.25) is 0 Å². The largest absolute Gasteiger partial charge is 0.497 e. The van der Waals surface area contributed by atoms with E-state index in [-0.39, 0.29) is 5.25 Å². The summed E-state index contributed by atoms with van der Waals surface area (Å²) < 4.78 is 53.8. The Morgan fingerprint density at radius 3 is 2.38 bits per heavy atom. The van der Waals surface area contributed by atoms with E-state index in [1.54, 1.807) is 11.7 Å². The second kappa shape index (κ2) is 9.38. The first-order chi connectivity index (χ1) is 16.1. The van der Waals surface area contributed by atoms with Gasteiger partial charge in [0.15, 0.2) is 6.10 Å². The normalized spacial score (nSPS) is 17.6. The van der Waals surface area contributed by atoms with Crippen LogP contribution in [-0.2, 0) is 22.3 Å². The molecule has 0 aliphatic carbocycles. The Balaban J connectivity index is 1.96. The van der Waals surface area contributed by atoms with Crippen LogP contribution in [0.25, 0.3) is 5.69 Å². The Hall–Kier alpha value is -2.91. The highest BCUT2D eigenvalue weighted by Gasteiger charge is 2.38. The monoisotopic (exact) mass is 490 g/mol. The third-order valence-corrected chi connectivity index (χ3v) is 6.93. The van der Waals surface area contributed by atoms with Crippen LogP contribution in [0.1, 0.15) is 40.8 Å². The second-order valence-corrected chi connectivity index (χ2v) is 9.53. The fraction of sp³-hybridized carbons (Fsp3) is 0.320. The SMILES string of the molecule is COc1ccc([C@@H]2Sc3ccc(C(F)(F)F)cc3-n3c(CN(C)C)ccc3[C@@H]2OC(C)=O)cc1. The molecule has 0 radical (unpaired) electrons. The molecule has 5 nitrogen and oxygen atoms in total. The van der Waals surface area contributed by atoms with Crippen LogP contribution in [0, 0.1) is 0 Å². The van der Waals surface area contributed by atoms with Crippen LogP contribution in [-0.4, -0.2) is 36.6 Å². The molecule has 0 N–H and O–H groups in total. The summed E-state index contributed by atoms with van der Waals surface area (Å²) in [5, 5.41) is -0.381. The Bertz CT molecular complexity index is 1190. The maximum Gasteiger partial charge on any atom is 0.416 e. The van der Waals surface area contributed by atoms with E-state index in [2.05, 4.69) is 0 Å². The molecule has 0 amide bonds. The molecule has 4 rings (SSSR count).